The maximum Gasteiger partial charge on any atom is 0.258 e. The Kier molecular flexibility index (Phi) is 3.32. The molecule has 4 heteroatoms. The van der Waals surface area contributed by atoms with Crippen molar-refractivity contribution < 1.29 is 0 Å². The number of aryl methyl sites for hydroxylation is 1. The maximum atomic E-state index is 12.5. The summed E-state index contributed by atoms with van der Waals surface area (Å²) in [6, 6.07) is 5.94. The minimum atomic E-state index is 0.0890. The lowest BCUT2D eigenvalue weighted by atomic mass is 10.0. The molecule has 0 atom stereocenters. The number of hydrogen-bond donors (Lipinski definition) is 2. The fraction of sp³-hybridized carbons (Fsp3) is 0.312. The summed E-state index contributed by atoms with van der Waals surface area (Å²) >= 11 is 0. The summed E-state index contributed by atoms with van der Waals surface area (Å²) in [5.74, 6) is 0. The molecular weight excluding hydrogens is 250 g/mol. The third-order valence-electron chi connectivity index (χ3n) is 3.76. The molecule has 1 aromatic carbocycles. The number of H-pyrrole nitrogens is 1. The molecule has 3 aromatic rings. The van der Waals surface area contributed by atoms with Crippen LogP contribution in [0.4, 0.5) is 0 Å². The predicted octanol–water partition coefficient (Wildman–Crippen LogP) is 2.39. The highest BCUT2D eigenvalue weighted by molar-refractivity contribution is 6.07. The maximum absolute atomic E-state index is 12.5. The molecule has 0 amide bonds. The monoisotopic (exact) mass is 269 g/mol. The van der Waals surface area contributed by atoms with Gasteiger partial charge in [0.05, 0.1) is 0 Å². The van der Waals surface area contributed by atoms with E-state index in [0.29, 0.717) is 6.54 Å². The van der Waals surface area contributed by atoms with Gasteiger partial charge in [0, 0.05) is 35.2 Å². The summed E-state index contributed by atoms with van der Waals surface area (Å²) < 4.78 is 1.78. The number of nitrogens with one attached hydrogen (secondary N) is 1. The van der Waals surface area contributed by atoms with Crippen molar-refractivity contribution in [2.45, 2.75) is 26.3 Å². The zero-order valence-electron chi connectivity index (χ0n) is 11.6. The van der Waals surface area contributed by atoms with E-state index in [0.717, 1.165) is 41.1 Å². The number of aromatic amines is 1. The number of aromatic nitrogens is 2. The molecule has 0 aliphatic heterocycles. The van der Waals surface area contributed by atoms with Crippen LogP contribution in [0.25, 0.3) is 21.7 Å². The van der Waals surface area contributed by atoms with Crippen LogP contribution in [0, 0.1) is 0 Å². The van der Waals surface area contributed by atoms with Gasteiger partial charge >= 0.3 is 0 Å². The molecule has 20 heavy (non-hydrogen) atoms. The zero-order valence-corrected chi connectivity index (χ0v) is 11.6. The molecule has 0 bridgehead atoms. The quantitative estimate of drug-likeness (QED) is 0.764. The van der Waals surface area contributed by atoms with E-state index in [2.05, 4.69) is 11.9 Å². The normalized spacial score (nSPS) is 11.5. The molecule has 4 nitrogen and oxygen atoms in total. The Morgan fingerprint density at radius 3 is 2.85 bits per heavy atom. The first kappa shape index (κ1) is 12.9. The number of hydrogen-bond acceptors (Lipinski definition) is 2. The van der Waals surface area contributed by atoms with Gasteiger partial charge in [0.1, 0.15) is 0 Å². The van der Waals surface area contributed by atoms with Crippen LogP contribution in [0.2, 0.25) is 0 Å². The van der Waals surface area contributed by atoms with Gasteiger partial charge in [-0.2, -0.15) is 0 Å². The van der Waals surface area contributed by atoms with E-state index in [9.17, 15) is 4.79 Å². The van der Waals surface area contributed by atoms with Crippen LogP contribution in [0.5, 0.6) is 0 Å². The van der Waals surface area contributed by atoms with E-state index in [1.807, 2.05) is 30.6 Å². The first-order valence-corrected chi connectivity index (χ1v) is 7.08. The van der Waals surface area contributed by atoms with E-state index >= 15 is 0 Å². The number of pyridine rings is 1. The van der Waals surface area contributed by atoms with Crippen LogP contribution in [0.3, 0.4) is 0 Å². The lowest BCUT2D eigenvalue weighted by molar-refractivity contribution is 0.659. The number of nitrogens with zero attached hydrogens (tertiary/aromatic N) is 1. The smallest absolute Gasteiger partial charge is 0.258 e. The van der Waals surface area contributed by atoms with Gasteiger partial charge in [-0.25, -0.2) is 0 Å². The number of rotatable bonds is 4. The topological polar surface area (TPSA) is 63.8 Å². The van der Waals surface area contributed by atoms with Gasteiger partial charge in [-0.1, -0.05) is 6.92 Å². The average molecular weight is 269 g/mol. The minimum Gasteiger partial charge on any atom is -0.361 e. The highest BCUT2D eigenvalue weighted by atomic mass is 16.1. The SMILES string of the molecule is CCCn1ccc2c(ccc3[nH]cc(CCN)c32)c1=O. The molecule has 104 valence electrons. The van der Waals surface area contributed by atoms with Gasteiger partial charge in [0.15, 0.2) is 0 Å². The van der Waals surface area contributed by atoms with Crippen molar-refractivity contribution >= 4 is 21.7 Å². The van der Waals surface area contributed by atoms with Gasteiger partial charge in [-0.3, -0.25) is 4.79 Å². The number of nitrogens with two attached hydrogens (primary N) is 1. The second kappa shape index (κ2) is 5.13. The summed E-state index contributed by atoms with van der Waals surface area (Å²) in [6.07, 6.45) is 5.66. The molecule has 2 aromatic heterocycles. The van der Waals surface area contributed by atoms with Crippen molar-refractivity contribution in [2.75, 3.05) is 6.54 Å². The average Bonchev–Trinajstić information content (AvgIpc) is 2.86. The van der Waals surface area contributed by atoms with Crippen LogP contribution in [0.1, 0.15) is 18.9 Å². The fourth-order valence-corrected chi connectivity index (χ4v) is 2.84. The van der Waals surface area contributed by atoms with E-state index in [1.165, 1.54) is 5.56 Å². The molecule has 0 aliphatic carbocycles. The second-order valence-corrected chi connectivity index (χ2v) is 5.12. The van der Waals surface area contributed by atoms with Crippen LogP contribution in [-0.2, 0) is 13.0 Å². The van der Waals surface area contributed by atoms with E-state index in [-0.39, 0.29) is 5.56 Å². The van der Waals surface area contributed by atoms with E-state index in [1.54, 1.807) is 4.57 Å². The van der Waals surface area contributed by atoms with Crippen molar-refractivity contribution in [2.24, 2.45) is 5.73 Å². The third-order valence-corrected chi connectivity index (χ3v) is 3.76. The van der Waals surface area contributed by atoms with Crippen molar-refractivity contribution in [3.8, 4) is 0 Å². The van der Waals surface area contributed by atoms with Gasteiger partial charge in [-0.05, 0) is 48.5 Å². The summed E-state index contributed by atoms with van der Waals surface area (Å²) in [6.45, 7) is 3.44. The molecule has 0 spiro atoms. The summed E-state index contributed by atoms with van der Waals surface area (Å²) in [5, 5.41) is 2.93. The molecule has 3 rings (SSSR count). The summed E-state index contributed by atoms with van der Waals surface area (Å²) in [7, 11) is 0. The van der Waals surface area contributed by atoms with Crippen LogP contribution >= 0.6 is 0 Å². The minimum absolute atomic E-state index is 0.0890. The number of benzene rings is 1. The van der Waals surface area contributed by atoms with Gasteiger partial charge in [0.2, 0.25) is 0 Å². The standard InChI is InChI=1S/C16H19N3O/c1-2-8-19-9-6-12-13(16(19)20)3-4-14-15(12)11(5-7-17)10-18-14/h3-4,6,9-10,18H,2,5,7-8,17H2,1H3. The summed E-state index contributed by atoms with van der Waals surface area (Å²) in [4.78, 5) is 15.7. The van der Waals surface area contributed by atoms with Gasteiger partial charge < -0.3 is 15.3 Å². The molecular formula is C16H19N3O. The highest BCUT2D eigenvalue weighted by Gasteiger charge is 2.10. The van der Waals surface area contributed by atoms with E-state index < -0.39 is 0 Å². The van der Waals surface area contributed by atoms with E-state index in [4.69, 9.17) is 5.73 Å². The Balaban J connectivity index is 2.34. The second-order valence-electron chi connectivity index (χ2n) is 5.12. The molecule has 0 fully saturated rings. The molecule has 0 saturated heterocycles. The first-order valence-electron chi connectivity index (χ1n) is 7.08. The predicted molar refractivity (Wildman–Crippen MR) is 83.1 cm³/mol. The molecule has 3 N–H and O–H groups in total. The number of fused-ring (bicyclic) bond motifs is 3. The Bertz CT molecular complexity index is 814. The highest BCUT2D eigenvalue weighted by Crippen LogP contribution is 2.26. The van der Waals surface area contributed by atoms with Gasteiger partial charge in [-0.15, -0.1) is 0 Å². The molecule has 0 aliphatic rings. The lowest BCUT2D eigenvalue weighted by Gasteiger charge is -2.07. The largest absolute Gasteiger partial charge is 0.361 e. The van der Waals surface area contributed by atoms with Crippen molar-refractivity contribution in [3.05, 3.63) is 46.5 Å². The zero-order chi connectivity index (χ0) is 14.1. The van der Waals surface area contributed by atoms with Crippen molar-refractivity contribution in [1.29, 1.82) is 0 Å². The Morgan fingerprint density at radius 2 is 2.10 bits per heavy atom. The molecule has 0 radical (unpaired) electrons. The van der Waals surface area contributed by atoms with Crippen LogP contribution in [-0.4, -0.2) is 16.1 Å². The Labute approximate surface area is 117 Å². The molecule has 2 heterocycles. The van der Waals surface area contributed by atoms with Gasteiger partial charge in [0.25, 0.3) is 5.56 Å². The van der Waals surface area contributed by atoms with Crippen LogP contribution in [0.15, 0.2) is 35.4 Å². The summed E-state index contributed by atoms with van der Waals surface area (Å²) in [5.41, 5.74) is 8.00. The van der Waals surface area contributed by atoms with Crippen molar-refractivity contribution in [1.82, 2.24) is 9.55 Å². The van der Waals surface area contributed by atoms with Crippen LogP contribution < -0.4 is 11.3 Å². The molecule has 0 saturated carbocycles. The fourth-order valence-electron chi connectivity index (χ4n) is 2.84. The lowest BCUT2D eigenvalue weighted by Crippen LogP contribution is -2.19. The first-order chi connectivity index (χ1) is 9.76. The Hall–Kier alpha value is -2.07. The van der Waals surface area contributed by atoms with Crippen molar-refractivity contribution in [3.63, 3.8) is 0 Å². The third kappa shape index (κ3) is 1.93. The molecule has 0 unspecified atom stereocenters. The Morgan fingerprint density at radius 1 is 1.25 bits per heavy atom.